The number of nitrogens with one attached hydrogen (secondary N) is 1. The molecule has 0 unspecified atom stereocenters. The van der Waals surface area contributed by atoms with Gasteiger partial charge >= 0.3 is 0 Å². The Balaban J connectivity index is 1.83. The summed E-state index contributed by atoms with van der Waals surface area (Å²) in [7, 11) is 1.54. The van der Waals surface area contributed by atoms with E-state index in [1.165, 1.54) is 7.11 Å². The van der Waals surface area contributed by atoms with Gasteiger partial charge in [0.05, 0.1) is 18.4 Å². The second kappa shape index (κ2) is 8.28. The zero-order valence-electron chi connectivity index (χ0n) is 17.4. The first-order valence-electron chi connectivity index (χ1n) is 9.76. The predicted octanol–water partition coefficient (Wildman–Crippen LogP) is 5.36. The summed E-state index contributed by atoms with van der Waals surface area (Å²) in [5.74, 6) is -0.281. The summed E-state index contributed by atoms with van der Waals surface area (Å²) in [6.45, 7) is 3.97. The average Bonchev–Trinajstić information content (AvgIpc) is 2.97. The van der Waals surface area contributed by atoms with Crippen molar-refractivity contribution in [3.05, 3.63) is 94.1 Å². The molecule has 156 valence electrons. The van der Waals surface area contributed by atoms with E-state index in [1.54, 1.807) is 48.5 Å². The van der Waals surface area contributed by atoms with Crippen LogP contribution in [0.2, 0.25) is 5.02 Å². The zero-order chi connectivity index (χ0) is 22.1. The number of methoxy groups -OCH3 is 1. The fourth-order valence-electron chi connectivity index (χ4n) is 3.71. The molecule has 3 aromatic rings. The van der Waals surface area contributed by atoms with Gasteiger partial charge in [0.25, 0.3) is 11.8 Å². The van der Waals surface area contributed by atoms with E-state index < -0.39 is 11.8 Å². The molecule has 0 radical (unpaired) electrons. The Labute approximate surface area is 185 Å². The number of aryl methyl sites for hydroxylation is 2. The number of carbonyl (C=O) groups excluding carboxylic acids is 2. The number of hydrogen-bond acceptors (Lipinski definition) is 4. The monoisotopic (exact) mass is 432 g/mol. The molecule has 0 saturated carbocycles. The number of amides is 2. The van der Waals surface area contributed by atoms with Crippen LogP contribution in [0, 0.1) is 13.8 Å². The maximum Gasteiger partial charge on any atom is 0.282 e. The van der Waals surface area contributed by atoms with E-state index in [1.807, 2.05) is 32.0 Å². The maximum atomic E-state index is 13.5. The van der Waals surface area contributed by atoms with Gasteiger partial charge in [0.1, 0.15) is 11.4 Å². The molecule has 0 saturated heterocycles. The van der Waals surface area contributed by atoms with Crippen molar-refractivity contribution in [1.29, 1.82) is 0 Å². The van der Waals surface area contributed by atoms with Crippen molar-refractivity contribution in [1.82, 2.24) is 0 Å². The van der Waals surface area contributed by atoms with Gasteiger partial charge in [0, 0.05) is 16.8 Å². The van der Waals surface area contributed by atoms with Gasteiger partial charge in [0.2, 0.25) is 0 Å². The number of anilines is 2. The van der Waals surface area contributed by atoms with E-state index in [0.717, 1.165) is 21.7 Å². The minimum absolute atomic E-state index is 0.222. The molecule has 4 rings (SSSR count). The molecular weight excluding hydrogens is 412 g/mol. The summed E-state index contributed by atoms with van der Waals surface area (Å²) >= 11 is 6.03. The van der Waals surface area contributed by atoms with Gasteiger partial charge in [-0.2, -0.15) is 0 Å². The molecule has 31 heavy (non-hydrogen) atoms. The Morgan fingerprint density at radius 2 is 1.55 bits per heavy atom. The summed E-state index contributed by atoms with van der Waals surface area (Å²) in [4.78, 5) is 28.1. The molecule has 0 spiro atoms. The molecule has 1 heterocycles. The predicted molar refractivity (Wildman–Crippen MR) is 123 cm³/mol. The van der Waals surface area contributed by atoms with Gasteiger partial charge in [-0.1, -0.05) is 35.9 Å². The zero-order valence-corrected chi connectivity index (χ0v) is 18.2. The Kier molecular flexibility index (Phi) is 5.53. The second-order valence-electron chi connectivity index (χ2n) is 7.41. The molecule has 0 fully saturated rings. The molecule has 0 aromatic heterocycles. The van der Waals surface area contributed by atoms with Gasteiger partial charge in [-0.3, -0.25) is 9.59 Å². The fourth-order valence-corrected chi connectivity index (χ4v) is 3.83. The van der Waals surface area contributed by atoms with E-state index in [-0.39, 0.29) is 5.70 Å². The first-order valence-corrected chi connectivity index (χ1v) is 10.1. The van der Waals surface area contributed by atoms with E-state index in [0.29, 0.717) is 27.6 Å². The summed E-state index contributed by atoms with van der Waals surface area (Å²) in [5, 5.41) is 3.75. The number of benzene rings is 3. The SMILES string of the molecule is COc1cccc(N2C(=O)C(Nc3cc(C)cc(C)c3)=C(c3ccc(Cl)cc3)C2=O)c1. The molecule has 0 aliphatic carbocycles. The Hall–Kier alpha value is -3.57. The van der Waals surface area contributed by atoms with Gasteiger partial charge in [-0.15, -0.1) is 0 Å². The number of carbonyl (C=O) groups is 2. The number of ether oxygens (including phenoxy) is 1. The van der Waals surface area contributed by atoms with E-state index in [4.69, 9.17) is 16.3 Å². The van der Waals surface area contributed by atoms with Crippen molar-refractivity contribution < 1.29 is 14.3 Å². The van der Waals surface area contributed by atoms with Crippen LogP contribution in [0.1, 0.15) is 16.7 Å². The normalized spacial score (nSPS) is 13.7. The van der Waals surface area contributed by atoms with E-state index >= 15 is 0 Å². The van der Waals surface area contributed by atoms with Gasteiger partial charge < -0.3 is 10.1 Å². The van der Waals surface area contributed by atoms with Crippen LogP contribution in [-0.2, 0) is 9.59 Å². The minimum atomic E-state index is -0.428. The van der Waals surface area contributed by atoms with Crippen molar-refractivity contribution in [2.75, 3.05) is 17.3 Å². The number of nitrogens with zero attached hydrogens (tertiary/aromatic N) is 1. The highest BCUT2D eigenvalue weighted by Gasteiger charge is 2.40. The van der Waals surface area contributed by atoms with Crippen LogP contribution in [0.25, 0.3) is 5.57 Å². The molecule has 5 nitrogen and oxygen atoms in total. The Morgan fingerprint density at radius 1 is 0.871 bits per heavy atom. The van der Waals surface area contributed by atoms with Gasteiger partial charge in [-0.25, -0.2) is 4.90 Å². The Morgan fingerprint density at radius 3 is 2.19 bits per heavy atom. The molecule has 2 amide bonds. The highest BCUT2D eigenvalue weighted by atomic mass is 35.5. The molecular formula is C25H21ClN2O3. The lowest BCUT2D eigenvalue weighted by Gasteiger charge is -2.16. The number of imide groups is 1. The molecule has 1 N–H and O–H groups in total. The number of hydrogen-bond donors (Lipinski definition) is 1. The number of rotatable bonds is 5. The largest absolute Gasteiger partial charge is 0.497 e. The third-order valence-electron chi connectivity index (χ3n) is 5.02. The van der Waals surface area contributed by atoms with Crippen molar-refractivity contribution in [3.63, 3.8) is 0 Å². The van der Waals surface area contributed by atoms with Crippen LogP contribution in [0.4, 0.5) is 11.4 Å². The maximum absolute atomic E-state index is 13.5. The molecule has 6 heteroatoms. The van der Waals surface area contributed by atoms with E-state index in [2.05, 4.69) is 5.32 Å². The third kappa shape index (κ3) is 4.05. The van der Waals surface area contributed by atoms with Crippen molar-refractivity contribution in [2.24, 2.45) is 0 Å². The summed E-state index contributed by atoms with van der Waals surface area (Å²) in [6, 6.07) is 19.7. The highest BCUT2D eigenvalue weighted by molar-refractivity contribution is 6.46. The minimum Gasteiger partial charge on any atom is -0.497 e. The van der Waals surface area contributed by atoms with Gasteiger partial charge in [0.15, 0.2) is 0 Å². The third-order valence-corrected chi connectivity index (χ3v) is 5.27. The molecule has 0 atom stereocenters. The lowest BCUT2D eigenvalue weighted by atomic mass is 10.0. The van der Waals surface area contributed by atoms with E-state index in [9.17, 15) is 9.59 Å². The van der Waals surface area contributed by atoms with Crippen LogP contribution >= 0.6 is 11.6 Å². The van der Waals surface area contributed by atoms with Crippen molar-refractivity contribution in [2.45, 2.75) is 13.8 Å². The average molecular weight is 433 g/mol. The van der Waals surface area contributed by atoms with Crippen LogP contribution in [0.15, 0.2) is 72.4 Å². The lowest BCUT2D eigenvalue weighted by molar-refractivity contribution is -0.120. The Bertz CT molecular complexity index is 1200. The smallest absolute Gasteiger partial charge is 0.282 e. The molecule has 0 bridgehead atoms. The quantitative estimate of drug-likeness (QED) is 0.551. The van der Waals surface area contributed by atoms with Gasteiger partial charge in [-0.05, 0) is 66.9 Å². The summed E-state index contributed by atoms with van der Waals surface area (Å²) < 4.78 is 5.27. The van der Waals surface area contributed by atoms with Crippen LogP contribution in [0.3, 0.4) is 0 Å². The number of halogens is 1. The highest BCUT2D eigenvalue weighted by Crippen LogP contribution is 2.35. The van der Waals surface area contributed by atoms with Crippen molar-refractivity contribution >= 4 is 40.4 Å². The fraction of sp³-hybridized carbons (Fsp3) is 0.120. The first-order chi connectivity index (χ1) is 14.9. The first kappa shape index (κ1) is 20.7. The van der Waals surface area contributed by atoms with Crippen molar-refractivity contribution in [3.8, 4) is 5.75 Å². The molecule has 3 aromatic carbocycles. The standard InChI is InChI=1S/C25H21ClN2O3/c1-15-11-16(2)13-19(12-15)27-23-22(17-7-9-18(26)10-8-17)24(29)28(25(23)30)20-5-4-6-21(14-20)31-3/h4-14,27H,1-3H3. The van der Waals surface area contributed by atoms with Crippen LogP contribution in [0.5, 0.6) is 5.75 Å². The second-order valence-corrected chi connectivity index (χ2v) is 7.84. The summed E-state index contributed by atoms with van der Waals surface area (Å²) in [6.07, 6.45) is 0. The van der Waals surface area contributed by atoms with Crippen LogP contribution < -0.4 is 15.0 Å². The lowest BCUT2D eigenvalue weighted by Crippen LogP contribution is -2.32. The molecule has 1 aliphatic rings. The van der Waals surface area contributed by atoms with Crippen LogP contribution in [-0.4, -0.2) is 18.9 Å². The summed E-state index contributed by atoms with van der Waals surface area (Å²) in [5.41, 5.74) is 4.42. The topological polar surface area (TPSA) is 58.6 Å². The molecule has 1 aliphatic heterocycles.